The van der Waals surface area contributed by atoms with E-state index in [1.54, 1.807) is 29.7 Å². The Labute approximate surface area is 124 Å². The Morgan fingerprint density at radius 2 is 1.48 bits per heavy atom. The standard InChI is InChI=1S/C15H22N2O4/c18-11-12-7-9-13(10-8-12)16-14(19)5-3-1-2-4-6-15(20)17-21/h7-10,18,21H,1-6,11H2,(H,16,19)(H,17,20). The molecule has 0 atom stereocenters. The summed E-state index contributed by atoms with van der Waals surface area (Å²) in [6, 6.07) is 7.05. The van der Waals surface area contributed by atoms with Gasteiger partial charge in [0.25, 0.3) is 0 Å². The van der Waals surface area contributed by atoms with E-state index < -0.39 is 0 Å². The summed E-state index contributed by atoms with van der Waals surface area (Å²) >= 11 is 0. The van der Waals surface area contributed by atoms with Crippen molar-refractivity contribution in [1.29, 1.82) is 0 Å². The number of aliphatic hydroxyl groups is 1. The van der Waals surface area contributed by atoms with Crippen LogP contribution in [0.2, 0.25) is 0 Å². The third-order valence-corrected chi connectivity index (χ3v) is 3.10. The predicted octanol–water partition coefficient (Wildman–Crippen LogP) is 1.96. The van der Waals surface area contributed by atoms with Gasteiger partial charge in [0, 0.05) is 18.5 Å². The molecule has 0 bridgehead atoms. The summed E-state index contributed by atoms with van der Waals surface area (Å²) in [5.74, 6) is -0.418. The normalized spacial score (nSPS) is 10.2. The van der Waals surface area contributed by atoms with Crippen LogP contribution < -0.4 is 10.8 Å². The van der Waals surface area contributed by atoms with Crippen molar-refractivity contribution in [1.82, 2.24) is 5.48 Å². The van der Waals surface area contributed by atoms with E-state index in [1.165, 1.54) is 0 Å². The topological polar surface area (TPSA) is 98.7 Å². The van der Waals surface area contributed by atoms with Crippen LogP contribution in [-0.2, 0) is 16.2 Å². The Morgan fingerprint density at radius 3 is 2.00 bits per heavy atom. The van der Waals surface area contributed by atoms with Gasteiger partial charge in [-0.15, -0.1) is 0 Å². The maximum Gasteiger partial charge on any atom is 0.243 e. The molecule has 0 fully saturated rings. The number of carbonyl (C=O) groups is 2. The summed E-state index contributed by atoms with van der Waals surface area (Å²) in [7, 11) is 0. The third-order valence-electron chi connectivity index (χ3n) is 3.10. The highest BCUT2D eigenvalue weighted by Crippen LogP contribution is 2.11. The molecular weight excluding hydrogens is 272 g/mol. The molecule has 21 heavy (non-hydrogen) atoms. The maximum atomic E-state index is 11.7. The van der Waals surface area contributed by atoms with Crippen molar-refractivity contribution in [2.24, 2.45) is 0 Å². The van der Waals surface area contributed by atoms with Gasteiger partial charge in [0.05, 0.1) is 6.61 Å². The van der Waals surface area contributed by atoms with Gasteiger partial charge in [-0.1, -0.05) is 25.0 Å². The first-order valence-corrected chi connectivity index (χ1v) is 7.08. The molecular formula is C15H22N2O4. The number of aliphatic hydroxyl groups excluding tert-OH is 1. The second-order valence-electron chi connectivity index (χ2n) is 4.85. The number of hydrogen-bond donors (Lipinski definition) is 4. The number of unbranched alkanes of at least 4 members (excludes halogenated alkanes) is 3. The van der Waals surface area contributed by atoms with E-state index in [1.807, 2.05) is 0 Å². The zero-order valence-corrected chi connectivity index (χ0v) is 12.0. The van der Waals surface area contributed by atoms with E-state index in [2.05, 4.69) is 5.32 Å². The van der Waals surface area contributed by atoms with Gasteiger partial charge in [-0.25, -0.2) is 5.48 Å². The average Bonchev–Trinajstić information content (AvgIpc) is 2.51. The lowest BCUT2D eigenvalue weighted by molar-refractivity contribution is -0.129. The van der Waals surface area contributed by atoms with Crippen LogP contribution >= 0.6 is 0 Å². The molecule has 0 aromatic heterocycles. The summed E-state index contributed by atoms with van der Waals surface area (Å²) in [6.45, 7) is -0.0114. The van der Waals surface area contributed by atoms with E-state index >= 15 is 0 Å². The van der Waals surface area contributed by atoms with Crippen LogP contribution in [0.3, 0.4) is 0 Å². The fourth-order valence-corrected chi connectivity index (χ4v) is 1.90. The average molecular weight is 294 g/mol. The fourth-order valence-electron chi connectivity index (χ4n) is 1.90. The Kier molecular flexibility index (Phi) is 8.08. The molecule has 0 aliphatic carbocycles. The highest BCUT2D eigenvalue weighted by molar-refractivity contribution is 5.90. The highest BCUT2D eigenvalue weighted by atomic mass is 16.5. The quantitative estimate of drug-likeness (QED) is 0.318. The van der Waals surface area contributed by atoms with Crippen molar-refractivity contribution in [3.05, 3.63) is 29.8 Å². The van der Waals surface area contributed by atoms with Gasteiger partial charge in [-0.05, 0) is 30.5 Å². The number of hydroxylamine groups is 1. The summed E-state index contributed by atoms with van der Waals surface area (Å²) in [5.41, 5.74) is 3.12. The molecule has 1 aromatic carbocycles. The molecule has 0 saturated heterocycles. The minimum absolute atomic E-state index is 0.0114. The van der Waals surface area contributed by atoms with Crippen LogP contribution in [0.5, 0.6) is 0 Å². The molecule has 0 unspecified atom stereocenters. The van der Waals surface area contributed by atoms with Gasteiger partial charge in [0.15, 0.2) is 0 Å². The van der Waals surface area contributed by atoms with Crippen molar-refractivity contribution in [3.8, 4) is 0 Å². The maximum absolute atomic E-state index is 11.7. The molecule has 6 heteroatoms. The molecule has 2 amide bonds. The molecule has 4 N–H and O–H groups in total. The number of rotatable bonds is 9. The van der Waals surface area contributed by atoms with Crippen LogP contribution in [0, 0.1) is 0 Å². The molecule has 0 aliphatic rings. The smallest absolute Gasteiger partial charge is 0.243 e. The SMILES string of the molecule is O=C(CCCCCCC(=O)Nc1ccc(CO)cc1)NO. The molecule has 1 rings (SSSR count). The second kappa shape index (κ2) is 9.90. The molecule has 1 aromatic rings. The molecule has 0 aliphatic heterocycles. The Balaban J connectivity index is 2.12. The monoisotopic (exact) mass is 294 g/mol. The predicted molar refractivity (Wildman–Crippen MR) is 78.6 cm³/mol. The number of carbonyl (C=O) groups excluding carboxylic acids is 2. The molecule has 0 heterocycles. The zero-order chi connectivity index (χ0) is 15.5. The summed E-state index contributed by atoms with van der Waals surface area (Å²) in [6.07, 6.45) is 3.94. The molecule has 0 radical (unpaired) electrons. The van der Waals surface area contributed by atoms with Crippen molar-refractivity contribution in [3.63, 3.8) is 0 Å². The van der Waals surface area contributed by atoms with Gasteiger partial charge in [0.1, 0.15) is 0 Å². The lowest BCUT2D eigenvalue weighted by Gasteiger charge is -2.06. The van der Waals surface area contributed by atoms with Gasteiger partial charge >= 0.3 is 0 Å². The van der Waals surface area contributed by atoms with Crippen molar-refractivity contribution >= 4 is 17.5 Å². The highest BCUT2D eigenvalue weighted by Gasteiger charge is 2.03. The summed E-state index contributed by atoms with van der Waals surface area (Å²) in [5, 5.41) is 20.0. The zero-order valence-electron chi connectivity index (χ0n) is 12.0. The molecule has 6 nitrogen and oxygen atoms in total. The largest absolute Gasteiger partial charge is 0.392 e. The number of anilines is 1. The summed E-state index contributed by atoms with van der Waals surface area (Å²) < 4.78 is 0. The minimum Gasteiger partial charge on any atom is -0.392 e. The van der Waals surface area contributed by atoms with Crippen LogP contribution in [0.15, 0.2) is 24.3 Å². The summed E-state index contributed by atoms with van der Waals surface area (Å²) in [4.78, 5) is 22.5. The first-order valence-electron chi connectivity index (χ1n) is 7.08. The van der Waals surface area contributed by atoms with Gasteiger partial charge < -0.3 is 10.4 Å². The van der Waals surface area contributed by atoms with E-state index in [0.29, 0.717) is 19.3 Å². The van der Waals surface area contributed by atoms with Gasteiger partial charge in [-0.3, -0.25) is 14.8 Å². The molecule has 0 saturated carbocycles. The Morgan fingerprint density at radius 1 is 0.905 bits per heavy atom. The minimum atomic E-state index is -0.376. The first-order chi connectivity index (χ1) is 10.2. The van der Waals surface area contributed by atoms with Crippen molar-refractivity contribution < 1.29 is 19.9 Å². The van der Waals surface area contributed by atoms with Crippen LogP contribution in [0.4, 0.5) is 5.69 Å². The van der Waals surface area contributed by atoms with Crippen LogP contribution in [-0.4, -0.2) is 22.1 Å². The fraction of sp³-hybridized carbons (Fsp3) is 0.467. The lowest BCUT2D eigenvalue weighted by atomic mass is 10.1. The van der Waals surface area contributed by atoms with Gasteiger partial charge in [-0.2, -0.15) is 0 Å². The van der Waals surface area contributed by atoms with E-state index in [9.17, 15) is 9.59 Å². The second-order valence-corrected chi connectivity index (χ2v) is 4.85. The number of amides is 2. The van der Waals surface area contributed by atoms with Crippen molar-refractivity contribution in [2.45, 2.75) is 45.1 Å². The van der Waals surface area contributed by atoms with Crippen molar-refractivity contribution in [2.75, 3.05) is 5.32 Å². The lowest BCUT2D eigenvalue weighted by Crippen LogP contribution is -2.17. The van der Waals surface area contributed by atoms with Gasteiger partial charge in [0.2, 0.25) is 11.8 Å². The van der Waals surface area contributed by atoms with Crippen LogP contribution in [0.1, 0.15) is 44.1 Å². The Hall–Kier alpha value is -1.92. The Bertz CT molecular complexity index is 445. The number of hydrogen-bond acceptors (Lipinski definition) is 4. The van der Waals surface area contributed by atoms with E-state index in [-0.39, 0.29) is 18.4 Å². The molecule has 116 valence electrons. The first kappa shape index (κ1) is 17.1. The number of nitrogens with one attached hydrogen (secondary N) is 2. The third kappa shape index (κ3) is 7.43. The van der Waals surface area contributed by atoms with Crippen LogP contribution in [0.25, 0.3) is 0 Å². The van der Waals surface area contributed by atoms with E-state index in [4.69, 9.17) is 10.3 Å². The number of benzene rings is 1. The van der Waals surface area contributed by atoms with E-state index in [0.717, 1.165) is 30.5 Å². The molecule has 0 spiro atoms.